The SMILES string of the molecule is C[C@](N)(CCCCN)C(=O)O.Cl. The first kappa shape index (κ1) is 14.2. The highest BCUT2D eigenvalue weighted by Gasteiger charge is 2.26. The summed E-state index contributed by atoms with van der Waals surface area (Å²) in [5, 5.41) is 8.58. The number of carboxylic acids is 1. The number of hydrogen-bond donors (Lipinski definition) is 3. The summed E-state index contributed by atoms with van der Waals surface area (Å²) in [7, 11) is 0. The largest absolute Gasteiger partial charge is 0.480 e. The van der Waals surface area contributed by atoms with Crippen LogP contribution in [0.15, 0.2) is 0 Å². The Balaban J connectivity index is 0. The molecule has 0 rings (SSSR count). The minimum absolute atomic E-state index is 0. The minimum atomic E-state index is -1.09. The molecule has 0 amide bonds. The predicted molar refractivity (Wildman–Crippen MR) is 50.4 cm³/mol. The number of nitrogens with two attached hydrogens (primary N) is 2. The van der Waals surface area contributed by atoms with E-state index in [0.717, 1.165) is 12.8 Å². The van der Waals surface area contributed by atoms with Crippen LogP contribution in [0.5, 0.6) is 0 Å². The van der Waals surface area contributed by atoms with Gasteiger partial charge in [0.15, 0.2) is 0 Å². The van der Waals surface area contributed by atoms with E-state index in [0.29, 0.717) is 13.0 Å². The van der Waals surface area contributed by atoms with E-state index in [2.05, 4.69) is 0 Å². The van der Waals surface area contributed by atoms with Crippen molar-refractivity contribution >= 4 is 18.4 Å². The van der Waals surface area contributed by atoms with E-state index in [1.807, 2.05) is 0 Å². The average molecular weight is 197 g/mol. The third-order valence-electron chi connectivity index (χ3n) is 1.64. The van der Waals surface area contributed by atoms with E-state index in [9.17, 15) is 4.79 Å². The molecule has 74 valence electrons. The maximum atomic E-state index is 10.5. The van der Waals surface area contributed by atoms with Crippen LogP contribution in [0.1, 0.15) is 26.2 Å². The summed E-state index contributed by atoms with van der Waals surface area (Å²) in [6, 6.07) is 0. The Morgan fingerprint density at radius 1 is 1.50 bits per heavy atom. The quantitative estimate of drug-likeness (QED) is 0.554. The molecule has 0 saturated heterocycles. The Morgan fingerprint density at radius 3 is 2.33 bits per heavy atom. The van der Waals surface area contributed by atoms with Crippen molar-refractivity contribution < 1.29 is 9.90 Å². The van der Waals surface area contributed by atoms with Gasteiger partial charge in [0.2, 0.25) is 0 Å². The Kier molecular flexibility index (Phi) is 7.37. The molecular weight excluding hydrogens is 180 g/mol. The van der Waals surface area contributed by atoms with E-state index in [-0.39, 0.29) is 12.4 Å². The van der Waals surface area contributed by atoms with Crippen molar-refractivity contribution in [2.75, 3.05) is 6.54 Å². The van der Waals surface area contributed by atoms with E-state index in [1.54, 1.807) is 0 Å². The lowest BCUT2D eigenvalue weighted by Crippen LogP contribution is -2.44. The lowest BCUT2D eigenvalue weighted by molar-refractivity contribution is -0.142. The Labute approximate surface area is 78.7 Å². The van der Waals surface area contributed by atoms with E-state index < -0.39 is 11.5 Å². The average Bonchev–Trinajstić information content (AvgIpc) is 1.88. The van der Waals surface area contributed by atoms with Crippen LogP contribution >= 0.6 is 12.4 Å². The number of carboxylic acid groups (broad SMARTS) is 1. The third kappa shape index (κ3) is 5.35. The summed E-state index contributed by atoms with van der Waals surface area (Å²) in [5.74, 6) is -0.950. The van der Waals surface area contributed by atoms with Crippen molar-refractivity contribution in [3.05, 3.63) is 0 Å². The van der Waals surface area contributed by atoms with Crippen molar-refractivity contribution in [2.45, 2.75) is 31.7 Å². The number of hydrogen-bond acceptors (Lipinski definition) is 3. The summed E-state index contributed by atoms with van der Waals surface area (Å²) in [5.41, 5.74) is 9.62. The molecule has 4 nitrogen and oxygen atoms in total. The van der Waals surface area contributed by atoms with Gasteiger partial charge in [-0.15, -0.1) is 12.4 Å². The topological polar surface area (TPSA) is 89.3 Å². The molecule has 0 aliphatic rings. The number of rotatable bonds is 5. The lowest BCUT2D eigenvalue weighted by Gasteiger charge is -2.18. The fraction of sp³-hybridized carbons (Fsp3) is 0.857. The van der Waals surface area contributed by atoms with Gasteiger partial charge in [-0.1, -0.05) is 0 Å². The summed E-state index contributed by atoms with van der Waals surface area (Å²) in [6.45, 7) is 2.11. The second-order valence-electron chi connectivity index (χ2n) is 2.97. The number of aliphatic carboxylic acids is 1. The van der Waals surface area contributed by atoms with Gasteiger partial charge in [-0.3, -0.25) is 4.79 Å². The fourth-order valence-electron chi connectivity index (χ4n) is 0.743. The molecule has 0 aromatic rings. The van der Waals surface area contributed by atoms with Crippen LogP contribution in [0.3, 0.4) is 0 Å². The molecule has 0 heterocycles. The van der Waals surface area contributed by atoms with Crippen molar-refractivity contribution in [2.24, 2.45) is 11.5 Å². The second kappa shape index (κ2) is 6.22. The molecule has 0 spiro atoms. The lowest BCUT2D eigenvalue weighted by atomic mass is 9.96. The monoisotopic (exact) mass is 196 g/mol. The van der Waals surface area contributed by atoms with Gasteiger partial charge < -0.3 is 16.6 Å². The highest BCUT2D eigenvalue weighted by atomic mass is 35.5. The normalized spacial score (nSPS) is 14.6. The smallest absolute Gasteiger partial charge is 0.323 e. The van der Waals surface area contributed by atoms with Gasteiger partial charge in [0.05, 0.1) is 0 Å². The van der Waals surface area contributed by atoms with Crippen molar-refractivity contribution in [3.8, 4) is 0 Å². The van der Waals surface area contributed by atoms with Gasteiger partial charge in [-0.2, -0.15) is 0 Å². The van der Waals surface area contributed by atoms with E-state index in [1.165, 1.54) is 6.92 Å². The minimum Gasteiger partial charge on any atom is -0.480 e. The predicted octanol–water partition coefficient (Wildman–Crippen LogP) is 0.339. The van der Waals surface area contributed by atoms with E-state index in [4.69, 9.17) is 16.6 Å². The Bertz CT molecular complexity index is 139. The molecule has 0 saturated carbocycles. The number of halogens is 1. The molecule has 0 aromatic heterocycles. The molecule has 0 fully saturated rings. The van der Waals surface area contributed by atoms with Crippen LogP contribution < -0.4 is 11.5 Å². The van der Waals surface area contributed by atoms with Gasteiger partial charge >= 0.3 is 5.97 Å². The van der Waals surface area contributed by atoms with Gasteiger partial charge in [0.1, 0.15) is 5.54 Å². The van der Waals surface area contributed by atoms with Crippen LogP contribution in [0.4, 0.5) is 0 Å². The molecular formula is C7H17ClN2O2. The first-order valence-corrected chi connectivity index (χ1v) is 3.73. The molecule has 0 aromatic carbocycles. The third-order valence-corrected chi connectivity index (χ3v) is 1.64. The van der Waals surface area contributed by atoms with Crippen LogP contribution in [0.25, 0.3) is 0 Å². The number of carbonyl (C=O) groups is 1. The summed E-state index contributed by atoms with van der Waals surface area (Å²) < 4.78 is 0. The van der Waals surface area contributed by atoms with Gasteiger partial charge in [-0.25, -0.2) is 0 Å². The number of unbranched alkanes of at least 4 members (excludes halogenated alkanes) is 1. The highest BCUT2D eigenvalue weighted by Crippen LogP contribution is 2.09. The van der Waals surface area contributed by atoms with Crippen molar-refractivity contribution in [1.82, 2.24) is 0 Å². The zero-order chi connectivity index (χ0) is 8.91. The second-order valence-corrected chi connectivity index (χ2v) is 2.97. The summed E-state index contributed by atoms with van der Waals surface area (Å²) >= 11 is 0. The first-order chi connectivity index (χ1) is 5.00. The van der Waals surface area contributed by atoms with Gasteiger partial charge in [-0.05, 0) is 32.7 Å². The van der Waals surface area contributed by atoms with E-state index >= 15 is 0 Å². The molecule has 12 heavy (non-hydrogen) atoms. The summed E-state index contributed by atoms with van der Waals surface area (Å²) in [6.07, 6.45) is 2.09. The summed E-state index contributed by atoms with van der Waals surface area (Å²) in [4.78, 5) is 10.5. The van der Waals surface area contributed by atoms with Gasteiger partial charge in [0, 0.05) is 0 Å². The first-order valence-electron chi connectivity index (χ1n) is 3.73. The molecule has 0 aliphatic carbocycles. The molecule has 1 atom stereocenters. The zero-order valence-electron chi connectivity index (χ0n) is 7.25. The maximum absolute atomic E-state index is 10.5. The molecule has 0 aliphatic heterocycles. The van der Waals surface area contributed by atoms with Crippen LogP contribution in [-0.4, -0.2) is 23.2 Å². The van der Waals surface area contributed by atoms with Crippen molar-refractivity contribution in [1.29, 1.82) is 0 Å². The molecule has 5 heteroatoms. The fourth-order valence-corrected chi connectivity index (χ4v) is 0.743. The van der Waals surface area contributed by atoms with Crippen LogP contribution in [0.2, 0.25) is 0 Å². The standard InChI is InChI=1S/C7H16N2O2.ClH/c1-7(9,6(10)11)4-2-3-5-8;/h2-5,8-9H2,1H3,(H,10,11);1H/t7-;/m0./s1. The maximum Gasteiger partial charge on any atom is 0.323 e. The van der Waals surface area contributed by atoms with Crippen LogP contribution in [0, 0.1) is 0 Å². The van der Waals surface area contributed by atoms with Crippen molar-refractivity contribution in [3.63, 3.8) is 0 Å². The Hall–Kier alpha value is -0.320. The highest BCUT2D eigenvalue weighted by molar-refractivity contribution is 5.85. The molecule has 0 bridgehead atoms. The molecule has 0 radical (unpaired) electrons. The Morgan fingerprint density at radius 2 is 2.00 bits per heavy atom. The van der Waals surface area contributed by atoms with Crippen LogP contribution in [-0.2, 0) is 4.79 Å². The zero-order valence-corrected chi connectivity index (χ0v) is 8.06. The molecule has 0 unspecified atom stereocenters. The molecule has 5 N–H and O–H groups in total. The van der Waals surface area contributed by atoms with Gasteiger partial charge in [0.25, 0.3) is 0 Å².